The molecule has 0 spiro atoms. The van der Waals surface area contributed by atoms with Crippen LogP contribution in [0.25, 0.3) is 10.9 Å². The Labute approximate surface area is 252 Å². The number of hydrogen-bond acceptors (Lipinski definition) is 7. The normalized spacial score (nSPS) is 22.3. The van der Waals surface area contributed by atoms with Gasteiger partial charge in [0.05, 0.1) is 29.8 Å². The lowest BCUT2D eigenvalue weighted by Crippen LogP contribution is -2.56. The van der Waals surface area contributed by atoms with E-state index in [1.807, 2.05) is 0 Å². The molecule has 0 saturated carbocycles. The first kappa shape index (κ1) is 30.5. The Morgan fingerprint density at radius 1 is 1.00 bits per heavy atom. The van der Waals surface area contributed by atoms with Crippen LogP contribution in [0.15, 0.2) is 58.3 Å². The van der Waals surface area contributed by atoms with Gasteiger partial charge in [-0.3, -0.25) is 19.5 Å². The van der Waals surface area contributed by atoms with Crippen molar-refractivity contribution in [1.29, 1.82) is 0 Å². The average Bonchev–Trinajstić information content (AvgIpc) is 3.03. The highest BCUT2D eigenvalue weighted by atomic mass is 19.4. The maximum absolute atomic E-state index is 13.5. The first-order chi connectivity index (χ1) is 21.3. The first-order valence-corrected chi connectivity index (χ1v) is 14.1. The summed E-state index contributed by atoms with van der Waals surface area (Å²) in [6.07, 6.45) is -1.26. The molecule has 3 fully saturated rings. The molecule has 4 heterocycles. The lowest BCUT2D eigenvalue weighted by molar-refractivity contribution is -0.143. The van der Waals surface area contributed by atoms with Gasteiger partial charge in [-0.15, -0.1) is 12.3 Å². The molecular formula is C32H26F6N4O3. The Bertz CT molecular complexity index is 1860. The number of nitrogens with one attached hydrogen (secondary N) is 2. The molecule has 1 unspecified atom stereocenters. The second-order valence-corrected chi connectivity index (χ2v) is 11.4. The van der Waals surface area contributed by atoms with Crippen molar-refractivity contribution in [1.82, 2.24) is 9.88 Å². The Kier molecular flexibility index (Phi) is 7.51. The van der Waals surface area contributed by atoms with E-state index in [1.165, 1.54) is 7.11 Å². The van der Waals surface area contributed by atoms with Crippen molar-refractivity contribution in [3.05, 3.63) is 85.8 Å². The van der Waals surface area contributed by atoms with Crippen molar-refractivity contribution in [2.75, 3.05) is 30.8 Å². The summed E-state index contributed by atoms with van der Waals surface area (Å²) in [6.45, 7) is 1.34. The van der Waals surface area contributed by atoms with Gasteiger partial charge >= 0.3 is 12.4 Å². The topological polar surface area (TPSA) is 83.6 Å². The second kappa shape index (κ2) is 11.1. The van der Waals surface area contributed by atoms with E-state index in [0.717, 1.165) is 13.0 Å². The number of hydrogen-bond donors (Lipinski definition) is 2. The number of methoxy groups -OCH3 is 1. The number of terminal acetylenes is 1. The highest BCUT2D eigenvalue weighted by Crippen LogP contribution is 2.44. The van der Waals surface area contributed by atoms with Crippen LogP contribution in [0.5, 0.6) is 5.75 Å². The number of alkyl halides is 6. The number of benzene rings is 2. The van der Waals surface area contributed by atoms with E-state index < -0.39 is 51.8 Å². The summed E-state index contributed by atoms with van der Waals surface area (Å²) in [5, 5.41) is 6.24. The van der Waals surface area contributed by atoms with Gasteiger partial charge in [-0.2, -0.15) is 26.3 Å². The molecule has 1 aromatic heterocycles. The zero-order valence-corrected chi connectivity index (χ0v) is 23.7. The van der Waals surface area contributed by atoms with Crippen molar-refractivity contribution in [3.8, 4) is 18.1 Å². The third-order valence-electron chi connectivity index (χ3n) is 8.78. The molecule has 7 nitrogen and oxygen atoms in total. The predicted molar refractivity (Wildman–Crippen MR) is 156 cm³/mol. The minimum Gasteiger partial charge on any atom is -0.497 e. The molecule has 2 N–H and O–H groups in total. The summed E-state index contributed by atoms with van der Waals surface area (Å²) in [4.78, 5) is 32.3. The van der Waals surface area contributed by atoms with E-state index in [2.05, 4.69) is 26.4 Å². The monoisotopic (exact) mass is 628 g/mol. The number of aromatic nitrogens is 1. The fraction of sp³-hybridized carbons (Fsp3) is 0.344. The number of rotatable bonds is 7. The largest absolute Gasteiger partial charge is 0.497 e. The molecule has 7 rings (SSSR count). The van der Waals surface area contributed by atoms with Crippen LogP contribution in [0.4, 0.5) is 43.4 Å². The van der Waals surface area contributed by atoms with Crippen molar-refractivity contribution >= 4 is 28.0 Å². The van der Waals surface area contributed by atoms with E-state index in [4.69, 9.17) is 11.2 Å². The molecule has 234 valence electrons. The van der Waals surface area contributed by atoms with Crippen LogP contribution < -0.4 is 26.2 Å². The minimum atomic E-state index is -5.09. The van der Waals surface area contributed by atoms with Gasteiger partial charge in [0.1, 0.15) is 17.1 Å². The second-order valence-electron chi connectivity index (χ2n) is 11.4. The number of nitrogens with zero attached hydrogens (tertiary/aromatic N) is 2. The maximum Gasteiger partial charge on any atom is 0.416 e. The number of piperidine rings is 3. The van der Waals surface area contributed by atoms with Crippen LogP contribution in [-0.2, 0) is 12.4 Å². The highest BCUT2D eigenvalue weighted by molar-refractivity contribution is 5.85. The quantitative estimate of drug-likeness (QED) is 0.145. The summed E-state index contributed by atoms with van der Waals surface area (Å²) in [5.41, 5.74) is -5.09. The van der Waals surface area contributed by atoms with Crippen LogP contribution in [0, 0.1) is 24.2 Å². The zero-order chi connectivity index (χ0) is 32.3. The van der Waals surface area contributed by atoms with Crippen molar-refractivity contribution in [3.63, 3.8) is 0 Å². The molecule has 2 bridgehead atoms. The number of ether oxygens (including phenoxy) is 1. The van der Waals surface area contributed by atoms with Crippen molar-refractivity contribution in [2.45, 2.75) is 37.3 Å². The fourth-order valence-corrected chi connectivity index (χ4v) is 6.51. The van der Waals surface area contributed by atoms with E-state index in [1.54, 1.807) is 30.5 Å². The molecule has 0 amide bonds. The van der Waals surface area contributed by atoms with Crippen LogP contribution in [0.1, 0.15) is 35.6 Å². The van der Waals surface area contributed by atoms with Gasteiger partial charge in [-0.05, 0) is 73.3 Å². The van der Waals surface area contributed by atoms with Gasteiger partial charge in [0.2, 0.25) is 0 Å². The minimum absolute atomic E-state index is 0.0126. The van der Waals surface area contributed by atoms with Crippen molar-refractivity contribution < 1.29 is 31.1 Å². The fourth-order valence-electron chi connectivity index (χ4n) is 6.51. The van der Waals surface area contributed by atoms with E-state index in [-0.39, 0.29) is 29.6 Å². The Morgan fingerprint density at radius 3 is 2.29 bits per heavy atom. The van der Waals surface area contributed by atoms with Gasteiger partial charge in [0, 0.05) is 35.8 Å². The van der Waals surface area contributed by atoms with Gasteiger partial charge in [0.15, 0.2) is 0 Å². The lowest BCUT2D eigenvalue weighted by Gasteiger charge is -2.51. The van der Waals surface area contributed by atoms with Crippen LogP contribution >= 0.6 is 0 Å². The SMILES string of the molecule is C#C[C@H]1CN2CC[C@H]1C[C@H]2[C@@H](Nc1c(Nc2cc(C(F)(F)F)cc(C(F)(F)F)c2)c(=O)c1=O)c1ccnc2ccc(OC)cc12. The first-order valence-electron chi connectivity index (χ1n) is 14.1. The highest BCUT2D eigenvalue weighted by Gasteiger charge is 2.44. The standard InChI is InChI=1S/C32H26F6N4O3/c1-3-16-15-42-9-7-17(16)10-25(42)26(22-6-8-39-24-5-4-21(45-2)14-23(22)24)41-28-27(29(43)30(28)44)40-20-12-18(31(33,34)35)11-19(13-20)32(36,37)38/h1,4-6,8,11-14,16-17,25-26,40-41H,7,9-10,15H2,2H3/t16-,17-,25-,26-/m0/s1. The zero-order valence-electron chi connectivity index (χ0n) is 23.7. The summed E-state index contributed by atoms with van der Waals surface area (Å²) in [6, 6.07) is 7.12. The molecule has 5 atom stereocenters. The lowest BCUT2D eigenvalue weighted by atomic mass is 9.73. The molecule has 3 aromatic carbocycles. The third-order valence-corrected chi connectivity index (χ3v) is 8.78. The molecule has 3 saturated heterocycles. The summed E-state index contributed by atoms with van der Waals surface area (Å²) in [5.74, 6) is 3.64. The predicted octanol–water partition coefficient (Wildman–Crippen LogP) is 6.12. The van der Waals surface area contributed by atoms with E-state index in [9.17, 15) is 35.9 Å². The summed E-state index contributed by atoms with van der Waals surface area (Å²) in [7, 11) is 1.51. The molecular weight excluding hydrogens is 602 g/mol. The molecule has 4 aromatic rings. The van der Waals surface area contributed by atoms with Gasteiger partial charge in [-0.25, -0.2) is 0 Å². The molecule has 0 radical (unpaired) electrons. The molecule has 3 aliphatic rings. The van der Waals surface area contributed by atoms with Gasteiger partial charge < -0.3 is 15.4 Å². The van der Waals surface area contributed by atoms with E-state index >= 15 is 0 Å². The maximum atomic E-state index is 13.5. The van der Waals surface area contributed by atoms with E-state index in [0.29, 0.717) is 47.3 Å². The van der Waals surface area contributed by atoms with Crippen LogP contribution in [-0.4, -0.2) is 36.1 Å². The smallest absolute Gasteiger partial charge is 0.416 e. The number of fused-ring (bicyclic) bond motifs is 4. The summed E-state index contributed by atoms with van der Waals surface area (Å²) < 4.78 is 86.3. The number of anilines is 3. The average molecular weight is 629 g/mol. The third kappa shape index (κ3) is 5.59. The van der Waals surface area contributed by atoms with Gasteiger partial charge in [-0.1, -0.05) is 0 Å². The number of halogens is 6. The Balaban J connectivity index is 1.43. The molecule has 45 heavy (non-hydrogen) atoms. The molecule has 13 heteroatoms. The van der Waals surface area contributed by atoms with Crippen LogP contribution in [0.3, 0.4) is 0 Å². The molecule has 0 aliphatic carbocycles. The van der Waals surface area contributed by atoms with Crippen LogP contribution in [0.2, 0.25) is 0 Å². The Hall–Kier alpha value is -4.57. The Morgan fingerprint density at radius 2 is 1.69 bits per heavy atom. The van der Waals surface area contributed by atoms with Crippen molar-refractivity contribution in [2.24, 2.45) is 11.8 Å². The van der Waals surface area contributed by atoms with Gasteiger partial charge in [0.25, 0.3) is 10.9 Å². The number of pyridine rings is 1. The molecule has 3 aliphatic heterocycles. The summed E-state index contributed by atoms with van der Waals surface area (Å²) >= 11 is 0.